The molecule has 112 valence electrons. The molecule has 5 heteroatoms. The number of fused-ring (bicyclic) bond motifs is 1. The van der Waals surface area contributed by atoms with E-state index in [1.54, 1.807) is 0 Å². The number of hydrogen-bond acceptors (Lipinski definition) is 3. The van der Waals surface area contributed by atoms with Gasteiger partial charge in [-0.05, 0) is 32.8 Å². The molecule has 5 nitrogen and oxygen atoms in total. The van der Waals surface area contributed by atoms with Crippen LogP contribution in [0.5, 0.6) is 5.75 Å². The summed E-state index contributed by atoms with van der Waals surface area (Å²) in [5.41, 5.74) is -0.699. The highest BCUT2D eigenvalue weighted by Gasteiger charge is 2.57. The number of carboxylic acid groups (broad SMARTS) is 1. The quantitative estimate of drug-likeness (QED) is 0.837. The Morgan fingerprint density at radius 2 is 1.95 bits per heavy atom. The topological polar surface area (TPSA) is 75.6 Å². The summed E-state index contributed by atoms with van der Waals surface area (Å²) in [5.74, 6) is -0.661. The van der Waals surface area contributed by atoms with Gasteiger partial charge in [0.1, 0.15) is 16.8 Å². The van der Waals surface area contributed by atoms with Crippen molar-refractivity contribution in [1.29, 1.82) is 0 Å². The number of carbonyl (C=O) groups excluding carboxylic acids is 1. The minimum atomic E-state index is -1.21. The first kappa shape index (κ1) is 13.9. The van der Waals surface area contributed by atoms with Crippen molar-refractivity contribution < 1.29 is 19.4 Å². The summed E-state index contributed by atoms with van der Waals surface area (Å²) in [6.07, 6.45) is 1.45. The Balaban J connectivity index is 1.85. The van der Waals surface area contributed by atoms with E-state index in [0.29, 0.717) is 19.3 Å². The number of carboxylic acids is 1. The van der Waals surface area contributed by atoms with Gasteiger partial charge >= 0.3 is 5.97 Å². The maximum absolute atomic E-state index is 12.3. The van der Waals surface area contributed by atoms with Crippen LogP contribution in [0.2, 0.25) is 0 Å². The molecule has 1 aromatic carbocycles. The molecule has 3 rings (SSSR count). The van der Waals surface area contributed by atoms with Gasteiger partial charge in [-0.25, -0.2) is 0 Å². The van der Waals surface area contributed by atoms with Crippen molar-refractivity contribution in [3.63, 3.8) is 0 Å². The number of rotatable bonds is 3. The van der Waals surface area contributed by atoms with Crippen LogP contribution in [0, 0.1) is 5.41 Å². The molecule has 1 aliphatic heterocycles. The van der Waals surface area contributed by atoms with Crippen LogP contribution < -0.4 is 10.1 Å². The average molecular weight is 289 g/mol. The number of amides is 1. The molecule has 1 aromatic rings. The third-order valence-electron chi connectivity index (χ3n) is 4.28. The molecular weight excluding hydrogens is 270 g/mol. The fourth-order valence-corrected chi connectivity index (χ4v) is 2.89. The van der Waals surface area contributed by atoms with Crippen molar-refractivity contribution in [2.75, 3.05) is 0 Å². The second-order valence-corrected chi connectivity index (χ2v) is 6.52. The smallest absolute Gasteiger partial charge is 0.319 e. The number of benzene rings is 1. The molecule has 21 heavy (non-hydrogen) atoms. The molecule has 1 heterocycles. The summed E-state index contributed by atoms with van der Waals surface area (Å²) < 4.78 is 5.91. The number of ether oxygens (including phenoxy) is 1. The Morgan fingerprint density at radius 3 is 2.57 bits per heavy atom. The average Bonchev–Trinajstić information content (AvgIpc) is 3.18. The van der Waals surface area contributed by atoms with Gasteiger partial charge in [-0.15, -0.1) is 0 Å². The van der Waals surface area contributed by atoms with Gasteiger partial charge in [-0.3, -0.25) is 9.59 Å². The first-order chi connectivity index (χ1) is 9.84. The predicted molar refractivity (Wildman–Crippen MR) is 76.0 cm³/mol. The summed E-state index contributed by atoms with van der Waals surface area (Å²) in [4.78, 5) is 23.6. The van der Waals surface area contributed by atoms with Gasteiger partial charge < -0.3 is 15.2 Å². The zero-order valence-corrected chi connectivity index (χ0v) is 12.2. The zero-order valence-electron chi connectivity index (χ0n) is 12.2. The minimum Gasteiger partial charge on any atom is -0.487 e. The van der Waals surface area contributed by atoms with E-state index in [0.717, 1.165) is 11.3 Å². The molecular formula is C16H19NO4. The Morgan fingerprint density at radius 1 is 1.29 bits per heavy atom. The molecule has 0 spiro atoms. The molecule has 0 aromatic heterocycles. The summed E-state index contributed by atoms with van der Waals surface area (Å²) in [7, 11) is 0. The Hall–Kier alpha value is -2.04. The molecule has 1 atom stereocenters. The highest BCUT2D eigenvalue weighted by molar-refractivity contribution is 6.05. The molecule has 1 fully saturated rings. The van der Waals surface area contributed by atoms with Gasteiger partial charge in [0.05, 0.1) is 6.04 Å². The van der Waals surface area contributed by atoms with Gasteiger partial charge in [0, 0.05) is 12.0 Å². The number of aliphatic carboxylic acids is 1. The molecule has 1 saturated carbocycles. The second-order valence-electron chi connectivity index (χ2n) is 6.52. The molecule has 2 N–H and O–H groups in total. The largest absolute Gasteiger partial charge is 0.487 e. The lowest BCUT2D eigenvalue weighted by Gasteiger charge is -2.38. The highest BCUT2D eigenvalue weighted by Crippen LogP contribution is 2.47. The van der Waals surface area contributed by atoms with Gasteiger partial charge in [0.15, 0.2) is 0 Å². The molecule has 2 aliphatic rings. The van der Waals surface area contributed by atoms with E-state index in [1.165, 1.54) is 0 Å². The maximum atomic E-state index is 12.3. The Kier molecular flexibility index (Phi) is 2.97. The van der Waals surface area contributed by atoms with Crippen molar-refractivity contribution >= 4 is 11.9 Å². The van der Waals surface area contributed by atoms with Crippen LogP contribution in [0.4, 0.5) is 0 Å². The van der Waals surface area contributed by atoms with Crippen LogP contribution in [0.1, 0.15) is 44.7 Å². The monoisotopic (exact) mass is 289 g/mol. The lowest BCUT2D eigenvalue weighted by Crippen LogP contribution is -2.44. The Labute approximate surface area is 123 Å². The Bertz CT molecular complexity index is 604. The van der Waals surface area contributed by atoms with Crippen LogP contribution in [0.15, 0.2) is 24.3 Å². The highest BCUT2D eigenvalue weighted by atomic mass is 16.5. The van der Waals surface area contributed by atoms with E-state index in [-0.39, 0.29) is 11.9 Å². The van der Waals surface area contributed by atoms with Crippen LogP contribution in [-0.2, 0) is 9.59 Å². The summed E-state index contributed by atoms with van der Waals surface area (Å²) in [6.45, 7) is 3.93. The van der Waals surface area contributed by atoms with Crippen molar-refractivity contribution in [2.45, 2.75) is 44.8 Å². The SMILES string of the molecule is CC1(C)CC(NC(=O)C2(C(=O)O)CC2)c2ccccc2O1. The normalized spacial score (nSPS) is 24.4. The number of para-hydroxylation sites is 1. The van der Waals surface area contributed by atoms with Gasteiger partial charge in [-0.1, -0.05) is 18.2 Å². The van der Waals surface area contributed by atoms with E-state index in [9.17, 15) is 14.7 Å². The van der Waals surface area contributed by atoms with Crippen molar-refractivity contribution in [1.82, 2.24) is 5.32 Å². The van der Waals surface area contributed by atoms with E-state index in [4.69, 9.17) is 4.74 Å². The minimum absolute atomic E-state index is 0.214. The standard InChI is InChI=1S/C16H19NO4/c1-15(2)9-11(10-5-3-4-6-12(10)21-15)17-13(18)16(7-8-16)14(19)20/h3-6,11H,7-9H2,1-2H3,(H,17,18)(H,19,20). The summed E-state index contributed by atoms with van der Waals surface area (Å²) in [6, 6.07) is 7.35. The number of carbonyl (C=O) groups is 2. The predicted octanol–water partition coefficient (Wildman–Crippen LogP) is 2.27. The zero-order chi connectivity index (χ0) is 15.3. The third-order valence-corrected chi connectivity index (χ3v) is 4.28. The second kappa shape index (κ2) is 4.48. The van der Waals surface area contributed by atoms with E-state index >= 15 is 0 Å². The van der Waals surface area contributed by atoms with Crippen LogP contribution >= 0.6 is 0 Å². The first-order valence-corrected chi connectivity index (χ1v) is 7.16. The van der Waals surface area contributed by atoms with Gasteiger partial charge in [0.2, 0.25) is 5.91 Å². The van der Waals surface area contributed by atoms with E-state index in [1.807, 2.05) is 38.1 Å². The lowest BCUT2D eigenvalue weighted by atomic mass is 9.89. The molecule has 0 radical (unpaired) electrons. The van der Waals surface area contributed by atoms with Crippen LogP contribution in [-0.4, -0.2) is 22.6 Å². The van der Waals surface area contributed by atoms with Crippen molar-refractivity contribution in [2.24, 2.45) is 5.41 Å². The molecule has 0 bridgehead atoms. The molecule has 1 amide bonds. The van der Waals surface area contributed by atoms with E-state index < -0.39 is 17.0 Å². The lowest BCUT2D eigenvalue weighted by molar-refractivity contribution is -0.149. The van der Waals surface area contributed by atoms with Crippen LogP contribution in [0.3, 0.4) is 0 Å². The fraction of sp³-hybridized carbons (Fsp3) is 0.500. The van der Waals surface area contributed by atoms with Crippen LogP contribution in [0.25, 0.3) is 0 Å². The van der Waals surface area contributed by atoms with Gasteiger partial charge in [-0.2, -0.15) is 0 Å². The summed E-state index contributed by atoms with van der Waals surface area (Å²) >= 11 is 0. The maximum Gasteiger partial charge on any atom is 0.319 e. The molecule has 1 aliphatic carbocycles. The van der Waals surface area contributed by atoms with Crippen molar-refractivity contribution in [3.8, 4) is 5.75 Å². The van der Waals surface area contributed by atoms with Crippen molar-refractivity contribution in [3.05, 3.63) is 29.8 Å². The van der Waals surface area contributed by atoms with E-state index in [2.05, 4.69) is 5.32 Å². The van der Waals surface area contributed by atoms with Gasteiger partial charge in [0.25, 0.3) is 0 Å². The third kappa shape index (κ3) is 2.37. The first-order valence-electron chi connectivity index (χ1n) is 7.16. The molecule has 1 unspecified atom stereocenters. The fourth-order valence-electron chi connectivity index (χ4n) is 2.89. The molecule has 0 saturated heterocycles. The summed E-state index contributed by atoms with van der Waals surface area (Å²) in [5, 5.41) is 12.1. The number of hydrogen-bond donors (Lipinski definition) is 2. The number of nitrogens with one attached hydrogen (secondary N) is 1.